The Balaban J connectivity index is 2.21. The number of thiol groups is 1. The van der Waals surface area contributed by atoms with E-state index in [9.17, 15) is 8.78 Å². The monoisotopic (exact) mass is 358 g/mol. The van der Waals surface area contributed by atoms with Crippen LogP contribution < -0.4 is 4.74 Å². The van der Waals surface area contributed by atoms with Gasteiger partial charge in [0, 0.05) is 11.3 Å². The summed E-state index contributed by atoms with van der Waals surface area (Å²) in [6.45, 7) is 2.01. The highest BCUT2D eigenvalue weighted by atomic mass is 79.9. The van der Waals surface area contributed by atoms with Crippen molar-refractivity contribution in [2.24, 2.45) is 0 Å². The lowest BCUT2D eigenvalue weighted by Crippen LogP contribution is -1.97. The standard InChI is InChI=1S/C15H13BrF2OS/c1-9(20)6-10-2-4-14(12(16)7-10)19-15-5-3-11(17)8-13(15)18/h2-5,7-9,20H,6H2,1H3. The van der Waals surface area contributed by atoms with Crippen molar-refractivity contribution in [1.82, 2.24) is 0 Å². The fourth-order valence-electron chi connectivity index (χ4n) is 1.77. The second kappa shape index (κ2) is 6.59. The van der Waals surface area contributed by atoms with Crippen LogP contribution in [0.1, 0.15) is 12.5 Å². The lowest BCUT2D eigenvalue weighted by atomic mass is 10.1. The molecule has 1 atom stereocenters. The largest absolute Gasteiger partial charge is 0.453 e. The van der Waals surface area contributed by atoms with Crippen molar-refractivity contribution in [3.05, 3.63) is 58.1 Å². The van der Waals surface area contributed by atoms with E-state index in [4.69, 9.17) is 4.74 Å². The highest BCUT2D eigenvalue weighted by molar-refractivity contribution is 9.10. The molecule has 2 aromatic rings. The zero-order chi connectivity index (χ0) is 14.7. The summed E-state index contributed by atoms with van der Waals surface area (Å²) < 4.78 is 32.5. The third kappa shape index (κ3) is 3.96. The van der Waals surface area contributed by atoms with Crippen molar-refractivity contribution in [2.45, 2.75) is 18.6 Å². The Morgan fingerprint density at radius 2 is 1.85 bits per heavy atom. The van der Waals surface area contributed by atoms with Gasteiger partial charge in [0.15, 0.2) is 11.6 Å². The molecule has 0 aliphatic carbocycles. The van der Waals surface area contributed by atoms with Crippen molar-refractivity contribution in [1.29, 1.82) is 0 Å². The molecule has 20 heavy (non-hydrogen) atoms. The Bertz CT molecular complexity index is 617. The van der Waals surface area contributed by atoms with Gasteiger partial charge in [-0.3, -0.25) is 0 Å². The summed E-state index contributed by atoms with van der Waals surface area (Å²) in [6, 6.07) is 8.76. The van der Waals surface area contributed by atoms with Gasteiger partial charge in [0.1, 0.15) is 11.6 Å². The summed E-state index contributed by atoms with van der Waals surface area (Å²) in [5.74, 6) is -0.898. The third-order valence-electron chi connectivity index (χ3n) is 2.64. The van der Waals surface area contributed by atoms with Gasteiger partial charge >= 0.3 is 0 Å². The minimum Gasteiger partial charge on any atom is -0.453 e. The summed E-state index contributed by atoms with van der Waals surface area (Å²) in [5.41, 5.74) is 1.10. The number of halogens is 3. The summed E-state index contributed by atoms with van der Waals surface area (Å²) in [5, 5.41) is 0.253. The second-order valence-electron chi connectivity index (χ2n) is 4.49. The average molecular weight is 359 g/mol. The molecule has 0 radical (unpaired) electrons. The molecular formula is C15H13BrF2OS. The van der Waals surface area contributed by atoms with E-state index in [0.29, 0.717) is 10.2 Å². The molecule has 5 heteroatoms. The fraction of sp³-hybridized carbons (Fsp3) is 0.200. The zero-order valence-electron chi connectivity index (χ0n) is 10.7. The zero-order valence-corrected chi connectivity index (χ0v) is 13.2. The SMILES string of the molecule is CC(S)Cc1ccc(Oc2ccc(F)cc2F)c(Br)c1. The third-order valence-corrected chi connectivity index (χ3v) is 3.44. The number of benzene rings is 2. The van der Waals surface area contributed by atoms with Gasteiger partial charge in [0.25, 0.3) is 0 Å². The normalized spacial score (nSPS) is 12.2. The number of hydrogen-bond donors (Lipinski definition) is 1. The predicted octanol–water partition coefficient (Wildman–Crippen LogP) is 5.38. The summed E-state index contributed by atoms with van der Waals surface area (Å²) in [4.78, 5) is 0. The Morgan fingerprint density at radius 3 is 2.45 bits per heavy atom. The summed E-state index contributed by atoms with van der Waals surface area (Å²) >= 11 is 7.73. The number of hydrogen-bond acceptors (Lipinski definition) is 2. The molecule has 0 spiro atoms. The Morgan fingerprint density at radius 1 is 1.15 bits per heavy atom. The van der Waals surface area contributed by atoms with Gasteiger partial charge in [-0.25, -0.2) is 8.78 Å². The van der Waals surface area contributed by atoms with E-state index in [0.717, 1.165) is 24.1 Å². The van der Waals surface area contributed by atoms with Crippen molar-refractivity contribution in [3.8, 4) is 11.5 Å². The molecule has 0 amide bonds. The molecule has 2 aromatic carbocycles. The highest BCUT2D eigenvalue weighted by Crippen LogP contribution is 2.32. The first kappa shape index (κ1) is 15.3. The van der Waals surface area contributed by atoms with Crippen molar-refractivity contribution >= 4 is 28.6 Å². The molecule has 0 aromatic heterocycles. The van der Waals surface area contributed by atoms with E-state index in [1.807, 2.05) is 19.1 Å². The van der Waals surface area contributed by atoms with Crippen LogP contribution >= 0.6 is 28.6 Å². The van der Waals surface area contributed by atoms with Gasteiger partial charge in [-0.15, -0.1) is 0 Å². The van der Waals surface area contributed by atoms with Crippen LogP contribution in [0.25, 0.3) is 0 Å². The van der Waals surface area contributed by atoms with Gasteiger partial charge < -0.3 is 4.74 Å². The Kier molecular flexibility index (Phi) is 5.05. The van der Waals surface area contributed by atoms with E-state index < -0.39 is 11.6 Å². The topological polar surface area (TPSA) is 9.23 Å². The first-order chi connectivity index (χ1) is 9.45. The summed E-state index contributed by atoms with van der Waals surface area (Å²) in [7, 11) is 0. The first-order valence-electron chi connectivity index (χ1n) is 6.05. The van der Waals surface area contributed by atoms with Gasteiger partial charge in [0.05, 0.1) is 4.47 Å². The van der Waals surface area contributed by atoms with Crippen molar-refractivity contribution in [2.75, 3.05) is 0 Å². The highest BCUT2D eigenvalue weighted by Gasteiger charge is 2.09. The Labute approximate surface area is 130 Å². The minimum atomic E-state index is -0.732. The molecule has 106 valence electrons. The van der Waals surface area contributed by atoms with E-state index in [1.165, 1.54) is 6.07 Å². The average Bonchev–Trinajstić information content (AvgIpc) is 2.34. The van der Waals surface area contributed by atoms with E-state index >= 15 is 0 Å². The molecule has 0 heterocycles. The van der Waals surface area contributed by atoms with Crippen LogP contribution in [-0.2, 0) is 6.42 Å². The number of ether oxygens (including phenoxy) is 1. The molecular weight excluding hydrogens is 346 g/mol. The smallest absolute Gasteiger partial charge is 0.168 e. The van der Waals surface area contributed by atoms with E-state index in [-0.39, 0.29) is 11.0 Å². The predicted molar refractivity (Wildman–Crippen MR) is 82.7 cm³/mol. The van der Waals surface area contributed by atoms with Crippen LogP contribution in [0.4, 0.5) is 8.78 Å². The van der Waals surface area contributed by atoms with Gasteiger partial charge in [-0.1, -0.05) is 13.0 Å². The fourth-order valence-corrected chi connectivity index (χ4v) is 2.49. The maximum atomic E-state index is 13.5. The molecule has 0 N–H and O–H groups in total. The number of rotatable bonds is 4. The van der Waals surface area contributed by atoms with Crippen LogP contribution in [0.2, 0.25) is 0 Å². The molecule has 0 saturated heterocycles. The molecule has 1 unspecified atom stereocenters. The van der Waals surface area contributed by atoms with Crippen LogP contribution in [0.5, 0.6) is 11.5 Å². The molecule has 0 fully saturated rings. The first-order valence-corrected chi connectivity index (χ1v) is 7.36. The quantitative estimate of drug-likeness (QED) is 0.721. The second-order valence-corrected chi connectivity index (χ2v) is 6.23. The van der Waals surface area contributed by atoms with Crippen LogP contribution in [-0.4, -0.2) is 5.25 Å². The van der Waals surface area contributed by atoms with Crippen molar-refractivity contribution in [3.63, 3.8) is 0 Å². The Hall–Kier alpha value is -1.07. The lowest BCUT2D eigenvalue weighted by Gasteiger charge is -2.11. The maximum Gasteiger partial charge on any atom is 0.168 e. The van der Waals surface area contributed by atoms with Crippen LogP contribution in [0.3, 0.4) is 0 Å². The van der Waals surface area contributed by atoms with Gasteiger partial charge in [-0.2, -0.15) is 12.6 Å². The molecule has 2 rings (SSSR count). The van der Waals surface area contributed by atoms with Gasteiger partial charge in [0.2, 0.25) is 0 Å². The molecule has 0 aliphatic heterocycles. The lowest BCUT2D eigenvalue weighted by molar-refractivity contribution is 0.435. The maximum absolute atomic E-state index is 13.5. The summed E-state index contributed by atoms with van der Waals surface area (Å²) in [6.07, 6.45) is 0.826. The minimum absolute atomic E-state index is 0.0117. The van der Waals surface area contributed by atoms with E-state index in [2.05, 4.69) is 28.6 Å². The molecule has 0 aliphatic rings. The molecule has 0 saturated carbocycles. The van der Waals surface area contributed by atoms with Crippen LogP contribution in [0, 0.1) is 11.6 Å². The molecule has 1 nitrogen and oxygen atoms in total. The van der Waals surface area contributed by atoms with E-state index in [1.54, 1.807) is 6.07 Å². The van der Waals surface area contributed by atoms with Gasteiger partial charge in [-0.05, 0) is 52.2 Å². The molecule has 0 bridgehead atoms. The van der Waals surface area contributed by atoms with Crippen molar-refractivity contribution < 1.29 is 13.5 Å². The van der Waals surface area contributed by atoms with Crippen LogP contribution in [0.15, 0.2) is 40.9 Å².